The summed E-state index contributed by atoms with van der Waals surface area (Å²) in [7, 11) is 0. The van der Waals surface area contributed by atoms with Crippen LogP contribution in [0, 0.1) is 0 Å². The standard InChI is InChI=1S/C59H39NO/c1-5-17-40(18-6-1)42-29-32-47(33-30-42)60(55-38-44(41-19-7-2-8-20-41)37-52-57-49-26-14-13-21-43(49)31-36-56(57)61-58(52)55)48-34-35-51-50-27-15-16-28-53(50)59(54(51)39-48,45-22-9-3-10-23-45)46-24-11-4-12-25-46/h1-39H. The molecule has 1 heterocycles. The van der Waals surface area contributed by atoms with Gasteiger partial charge < -0.3 is 9.32 Å². The predicted molar refractivity (Wildman–Crippen MR) is 254 cm³/mol. The Morgan fingerprint density at radius 3 is 1.62 bits per heavy atom. The number of benzene rings is 10. The van der Waals surface area contributed by atoms with Gasteiger partial charge in [0.2, 0.25) is 0 Å². The van der Waals surface area contributed by atoms with E-state index in [1.807, 2.05) is 0 Å². The minimum atomic E-state index is -0.549. The van der Waals surface area contributed by atoms with Crippen molar-refractivity contribution in [2.24, 2.45) is 0 Å². The van der Waals surface area contributed by atoms with E-state index in [1.165, 1.54) is 55.3 Å². The molecule has 0 spiro atoms. The SMILES string of the molecule is c1ccc(-c2ccc(N(c3ccc4c(c3)C(c3ccccc3)(c3ccccc3)c3ccccc3-4)c3cc(-c4ccccc4)cc4c3oc3ccc5ccccc5c34)cc2)cc1. The third kappa shape index (κ3) is 5.50. The van der Waals surface area contributed by atoms with E-state index in [4.69, 9.17) is 4.42 Å². The van der Waals surface area contributed by atoms with Crippen molar-refractivity contribution >= 4 is 49.8 Å². The molecule has 61 heavy (non-hydrogen) atoms. The second kappa shape index (κ2) is 14.1. The molecule has 0 unspecified atom stereocenters. The molecule has 10 aromatic carbocycles. The largest absolute Gasteiger partial charge is 0.454 e. The lowest BCUT2D eigenvalue weighted by atomic mass is 9.67. The van der Waals surface area contributed by atoms with Gasteiger partial charge in [0.1, 0.15) is 5.58 Å². The van der Waals surface area contributed by atoms with Crippen LogP contribution in [0.2, 0.25) is 0 Å². The van der Waals surface area contributed by atoms with Crippen LogP contribution in [0.3, 0.4) is 0 Å². The summed E-state index contributed by atoms with van der Waals surface area (Å²) < 4.78 is 7.08. The molecular weight excluding hydrogens is 739 g/mol. The minimum absolute atomic E-state index is 0.549. The van der Waals surface area contributed by atoms with Gasteiger partial charge in [-0.25, -0.2) is 0 Å². The van der Waals surface area contributed by atoms with Crippen LogP contribution in [-0.4, -0.2) is 0 Å². The van der Waals surface area contributed by atoms with Crippen LogP contribution in [0.1, 0.15) is 22.3 Å². The first-order chi connectivity index (χ1) is 30.3. The Balaban J connectivity index is 1.18. The van der Waals surface area contributed by atoms with E-state index >= 15 is 0 Å². The van der Waals surface area contributed by atoms with Crippen LogP contribution in [-0.2, 0) is 5.41 Å². The molecule has 0 atom stereocenters. The molecule has 0 saturated carbocycles. The van der Waals surface area contributed by atoms with Crippen LogP contribution in [0.25, 0.3) is 66.1 Å². The molecule has 0 saturated heterocycles. The molecule has 0 radical (unpaired) electrons. The highest BCUT2D eigenvalue weighted by Gasteiger charge is 2.46. The second-order valence-corrected chi connectivity index (χ2v) is 16.0. The monoisotopic (exact) mass is 777 g/mol. The Morgan fingerprint density at radius 2 is 0.918 bits per heavy atom. The molecule has 2 nitrogen and oxygen atoms in total. The lowest BCUT2D eigenvalue weighted by Crippen LogP contribution is -2.28. The third-order valence-electron chi connectivity index (χ3n) is 12.7. The fraction of sp³-hybridized carbons (Fsp3) is 0.0169. The van der Waals surface area contributed by atoms with Gasteiger partial charge in [-0.3, -0.25) is 0 Å². The molecule has 0 amide bonds. The zero-order valence-corrected chi connectivity index (χ0v) is 33.4. The van der Waals surface area contributed by atoms with E-state index in [-0.39, 0.29) is 0 Å². The van der Waals surface area contributed by atoms with Crippen LogP contribution in [0.15, 0.2) is 241 Å². The second-order valence-electron chi connectivity index (χ2n) is 16.0. The zero-order valence-electron chi connectivity index (χ0n) is 33.4. The molecule has 12 rings (SSSR count). The van der Waals surface area contributed by atoms with Gasteiger partial charge in [0.15, 0.2) is 5.58 Å². The molecule has 286 valence electrons. The van der Waals surface area contributed by atoms with Gasteiger partial charge >= 0.3 is 0 Å². The number of rotatable bonds is 7. The smallest absolute Gasteiger partial charge is 0.159 e. The summed E-state index contributed by atoms with van der Waals surface area (Å²) in [4.78, 5) is 2.41. The van der Waals surface area contributed by atoms with Crippen LogP contribution in [0.5, 0.6) is 0 Å². The fourth-order valence-electron chi connectivity index (χ4n) is 10.0. The molecule has 2 heteroatoms. The molecular formula is C59H39NO. The van der Waals surface area contributed by atoms with Crippen LogP contribution >= 0.6 is 0 Å². The average Bonchev–Trinajstić information content (AvgIpc) is 3.87. The normalized spacial score (nSPS) is 12.7. The van der Waals surface area contributed by atoms with Gasteiger partial charge in [-0.2, -0.15) is 0 Å². The Labute approximate surface area is 355 Å². The van der Waals surface area contributed by atoms with Gasteiger partial charge in [0, 0.05) is 22.1 Å². The Hall–Kier alpha value is -7.94. The van der Waals surface area contributed by atoms with E-state index < -0.39 is 5.41 Å². The summed E-state index contributed by atoms with van der Waals surface area (Å²) in [5, 5.41) is 4.59. The first-order valence-corrected chi connectivity index (χ1v) is 21.0. The molecule has 0 aliphatic heterocycles. The van der Waals surface area contributed by atoms with Crippen molar-refractivity contribution < 1.29 is 4.42 Å². The van der Waals surface area contributed by atoms with Gasteiger partial charge in [-0.15, -0.1) is 0 Å². The van der Waals surface area contributed by atoms with Gasteiger partial charge in [-0.05, 0) is 109 Å². The van der Waals surface area contributed by atoms with Crippen molar-refractivity contribution in [3.8, 4) is 33.4 Å². The summed E-state index contributed by atoms with van der Waals surface area (Å²) in [6, 6.07) is 86.0. The molecule has 0 fully saturated rings. The van der Waals surface area contributed by atoms with Crippen LogP contribution in [0.4, 0.5) is 17.1 Å². The highest BCUT2D eigenvalue weighted by Crippen LogP contribution is 2.57. The molecule has 1 aliphatic carbocycles. The summed E-state index contributed by atoms with van der Waals surface area (Å²) in [5.41, 5.74) is 16.4. The highest BCUT2D eigenvalue weighted by atomic mass is 16.3. The minimum Gasteiger partial charge on any atom is -0.454 e. The number of anilines is 3. The van der Waals surface area contributed by atoms with E-state index in [2.05, 4.69) is 241 Å². The van der Waals surface area contributed by atoms with Gasteiger partial charge in [0.25, 0.3) is 0 Å². The Bertz CT molecular complexity index is 3350. The maximum Gasteiger partial charge on any atom is 0.159 e. The number of hydrogen-bond donors (Lipinski definition) is 0. The topological polar surface area (TPSA) is 16.4 Å². The van der Waals surface area contributed by atoms with Crippen LogP contribution < -0.4 is 4.90 Å². The van der Waals surface area contributed by atoms with E-state index in [0.717, 1.165) is 50.1 Å². The number of furan rings is 1. The first kappa shape index (κ1) is 35.0. The maximum absolute atomic E-state index is 7.08. The van der Waals surface area contributed by atoms with E-state index in [9.17, 15) is 0 Å². The summed E-state index contributed by atoms with van der Waals surface area (Å²) in [6.45, 7) is 0. The molecule has 1 aliphatic rings. The number of nitrogens with zero attached hydrogens (tertiary/aromatic N) is 1. The van der Waals surface area contributed by atoms with Crippen molar-refractivity contribution in [3.05, 3.63) is 259 Å². The predicted octanol–water partition coefficient (Wildman–Crippen LogP) is 15.9. The van der Waals surface area contributed by atoms with Gasteiger partial charge in [0.05, 0.1) is 11.1 Å². The first-order valence-electron chi connectivity index (χ1n) is 21.0. The summed E-state index contributed by atoms with van der Waals surface area (Å²) in [6.07, 6.45) is 0. The Kier molecular flexibility index (Phi) is 8.11. The summed E-state index contributed by atoms with van der Waals surface area (Å²) >= 11 is 0. The maximum atomic E-state index is 7.08. The fourth-order valence-corrected chi connectivity index (χ4v) is 10.0. The van der Waals surface area contributed by atoms with Crippen molar-refractivity contribution in [1.29, 1.82) is 0 Å². The lowest BCUT2D eigenvalue weighted by molar-refractivity contribution is 0.669. The quantitative estimate of drug-likeness (QED) is 0.160. The molecule has 11 aromatic rings. The van der Waals surface area contributed by atoms with Crippen molar-refractivity contribution in [2.45, 2.75) is 5.41 Å². The zero-order chi connectivity index (χ0) is 40.3. The third-order valence-corrected chi connectivity index (χ3v) is 12.7. The summed E-state index contributed by atoms with van der Waals surface area (Å²) in [5.74, 6) is 0. The van der Waals surface area contributed by atoms with E-state index in [1.54, 1.807) is 0 Å². The van der Waals surface area contributed by atoms with Crippen molar-refractivity contribution in [3.63, 3.8) is 0 Å². The van der Waals surface area contributed by atoms with Crippen molar-refractivity contribution in [2.75, 3.05) is 4.90 Å². The number of fused-ring (bicyclic) bond motifs is 8. The molecule has 1 aromatic heterocycles. The number of hydrogen-bond acceptors (Lipinski definition) is 2. The van der Waals surface area contributed by atoms with Crippen molar-refractivity contribution in [1.82, 2.24) is 0 Å². The average molecular weight is 778 g/mol. The molecule has 0 N–H and O–H groups in total. The van der Waals surface area contributed by atoms with E-state index in [0.29, 0.717) is 0 Å². The Morgan fingerprint density at radius 1 is 0.361 bits per heavy atom. The highest BCUT2D eigenvalue weighted by molar-refractivity contribution is 6.21. The lowest BCUT2D eigenvalue weighted by Gasteiger charge is -2.35. The van der Waals surface area contributed by atoms with Gasteiger partial charge in [-0.1, -0.05) is 194 Å². The molecule has 0 bridgehead atoms.